The third-order valence-electron chi connectivity index (χ3n) is 3.03. The number of hydrogen-bond donors (Lipinski definition) is 1. The average molecular weight is 289 g/mol. The SMILES string of the molecule is CCCCn1nnnc1NCc1ccccc1OC(C)C. The molecule has 0 unspecified atom stereocenters. The molecule has 0 saturated carbocycles. The van der Waals surface area contributed by atoms with Crippen molar-refractivity contribution < 1.29 is 4.74 Å². The molecule has 1 heterocycles. The predicted molar refractivity (Wildman–Crippen MR) is 82.3 cm³/mol. The van der Waals surface area contributed by atoms with Crippen LogP contribution in [0.2, 0.25) is 0 Å². The topological polar surface area (TPSA) is 64.9 Å². The highest BCUT2D eigenvalue weighted by Crippen LogP contribution is 2.20. The average Bonchev–Trinajstić information content (AvgIpc) is 2.91. The first-order chi connectivity index (χ1) is 10.2. The van der Waals surface area contributed by atoms with E-state index in [2.05, 4.69) is 27.8 Å². The summed E-state index contributed by atoms with van der Waals surface area (Å²) < 4.78 is 7.61. The van der Waals surface area contributed by atoms with Crippen LogP contribution in [0, 0.1) is 0 Å². The van der Waals surface area contributed by atoms with E-state index in [4.69, 9.17) is 4.74 Å². The first-order valence-electron chi connectivity index (χ1n) is 7.45. The molecule has 0 aliphatic rings. The van der Waals surface area contributed by atoms with Crippen LogP contribution in [0.15, 0.2) is 24.3 Å². The molecule has 0 radical (unpaired) electrons. The van der Waals surface area contributed by atoms with Gasteiger partial charge in [0.1, 0.15) is 5.75 Å². The Morgan fingerprint density at radius 1 is 1.29 bits per heavy atom. The second kappa shape index (κ2) is 7.61. The van der Waals surface area contributed by atoms with Crippen LogP contribution in [0.25, 0.3) is 0 Å². The normalized spacial score (nSPS) is 10.9. The van der Waals surface area contributed by atoms with Gasteiger partial charge in [0.2, 0.25) is 5.95 Å². The highest BCUT2D eigenvalue weighted by molar-refractivity contribution is 5.36. The van der Waals surface area contributed by atoms with Crippen molar-refractivity contribution >= 4 is 5.95 Å². The molecule has 0 aliphatic heterocycles. The molecule has 0 atom stereocenters. The van der Waals surface area contributed by atoms with E-state index in [-0.39, 0.29) is 6.10 Å². The number of aryl methyl sites for hydroxylation is 1. The van der Waals surface area contributed by atoms with Crippen LogP contribution >= 0.6 is 0 Å². The minimum Gasteiger partial charge on any atom is -0.491 e. The van der Waals surface area contributed by atoms with Crippen molar-refractivity contribution in [3.63, 3.8) is 0 Å². The van der Waals surface area contributed by atoms with Gasteiger partial charge in [-0.1, -0.05) is 36.6 Å². The van der Waals surface area contributed by atoms with Gasteiger partial charge in [0.05, 0.1) is 6.10 Å². The lowest BCUT2D eigenvalue weighted by atomic mass is 10.2. The first-order valence-corrected chi connectivity index (χ1v) is 7.45. The molecule has 114 valence electrons. The van der Waals surface area contributed by atoms with Crippen molar-refractivity contribution in [3.05, 3.63) is 29.8 Å². The van der Waals surface area contributed by atoms with Crippen molar-refractivity contribution in [2.24, 2.45) is 0 Å². The van der Waals surface area contributed by atoms with Crippen LogP contribution in [0.5, 0.6) is 5.75 Å². The van der Waals surface area contributed by atoms with Gasteiger partial charge in [-0.05, 0) is 36.8 Å². The minimum atomic E-state index is 0.154. The quantitative estimate of drug-likeness (QED) is 0.809. The van der Waals surface area contributed by atoms with E-state index in [0.29, 0.717) is 12.5 Å². The van der Waals surface area contributed by atoms with E-state index < -0.39 is 0 Å². The lowest BCUT2D eigenvalue weighted by Crippen LogP contribution is -2.12. The van der Waals surface area contributed by atoms with E-state index in [1.165, 1.54) is 0 Å². The van der Waals surface area contributed by atoms with Gasteiger partial charge in [-0.15, -0.1) is 0 Å². The number of nitrogens with one attached hydrogen (secondary N) is 1. The van der Waals surface area contributed by atoms with Crippen LogP contribution in [0.3, 0.4) is 0 Å². The van der Waals surface area contributed by atoms with E-state index in [1.807, 2.05) is 38.1 Å². The largest absolute Gasteiger partial charge is 0.491 e. The molecule has 0 saturated heterocycles. The van der Waals surface area contributed by atoms with Crippen molar-refractivity contribution in [2.45, 2.75) is 52.8 Å². The first kappa shape index (κ1) is 15.3. The molecule has 6 nitrogen and oxygen atoms in total. The molecule has 6 heteroatoms. The zero-order chi connectivity index (χ0) is 15.1. The van der Waals surface area contributed by atoms with Gasteiger partial charge in [-0.25, -0.2) is 4.68 Å². The van der Waals surface area contributed by atoms with Crippen LogP contribution in [-0.2, 0) is 13.1 Å². The number of benzene rings is 1. The molecular weight excluding hydrogens is 266 g/mol. The molecule has 1 N–H and O–H groups in total. The Hall–Kier alpha value is -2.11. The fourth-order valence-electron chi connectivity index (χ4n) is 1.98. The number of anilines is 1. The monoisotopic (exact) mass is 289 g/mol. The third kappa shape index (κ3) is 4.44. The van der Waals surface area contributed by atoms with Gasteiger partial charge in [0.15, 0.2) is 0 Å². The van der Waals surface area contributed by atoms with Crippen LogP contribution in [0.4, 0.5) is 5.95 Å². The summed E-state index contributed by atoms with van der Waals surface area (Å²) in [6.07, 6.45) is 2.33. The number of nitrogens with zero attached hydrogens (tertiary/aromatic N) is 4. The zero-order valence-electron chi connectivity index (χ0n) is 12.9. The fourth-order valence-corrected chi connectivity index (χ4v) is 1.98. The van der Waals surface area contributed by atoms with Crippen molar-refractivity contribution in [3.8, 4) is 5.75 Å². The lowest BCUT2D eigenvalue weighted by molar-refractivity contribution is 0.240. The molecular formula is C15H23N5O. The summed E-state index contributed by atoms with van der Waals surface area (Å²) in [4.78, 5) is 0. The van der Waals surface area contributed by atoms with E-state index in [0.717, 1.165) is 30.7 Å². The highest BCUT2D eigenvalue weighted by atomic mass is 16.5. The summed E-state index contributed by atoms with van der Waals surface area (Å²) in [6, 6.07) is 8.01. The highest BCUT2D eigenvalue weighted by Gasteiger charge is 2.08. The smallest absolute Gasteiger partial charge is 0.243 e. The number of hydrogen-bond acceptors (Lipinski definition) is 5. The Labute approximate surface area is 125 Å². The molecule has 0 bridgehead atoms. The van der Waals surface area contributed by atoms with Crippen LogP contribution < -0.4 is 10.1 Å². The summed E-state index contributed by atoms with van der Waals surface area (Å²) >= 11 is 0. The van der Waals surface area contributed by atoms with Gasteiger partial charge in [0.25, 0.3) is 0 Å². The summed E-state index contributed by atoms with van der Waals surface area (Å²) in [5.41, 5.74) is 1.09. The van der Waals surface area contributed by atoms with Crippen molar-refractivity contribution in [1.29, 1.82) is 0 Å². The van der Waals surface area contributed by atoms with Crippen molar-refractivity contribution in [2.75, 3.05) is 5.32 Å². The standard InChI is InChI=1S/C15H23N5O/c1-4-5-10-20-15(17-18-19-20)16-11-13-8-6-7-9-14(13)21-12(2)3/h6-9,12H,4-5,10-11H2,1-3H3,(H,16,17,19). The molecule has 1 aromatic carbocycles. The molecule has 21 heavy (non-hydrogen) atoms. The molecule has 0 aliphatic carbocycles. The van der Waals surface area contributed by atoms with E-state index in [9.17, 15) is 0 Å². The molecule has 2 rings (SSSR count). The molecule has 0 spiro atoms. The number of ether oxygens (including phenoxy) is 1. The summed E-state index contributed by atoms with van der Waals surface area (Å²) in [5, 5.41) is 15.0. The van der Waals surface area contributed by atoms with Gasteiger partial charge < -0.3 is 10.1 Å². The van der Waals surface area contributed by atoms with Crippen LogP contribution in [0.1, 0.15) is 39.2 Å². The fraction of sp³-hybridized carbons (Fsp3) is 0.533. The Kier molecular flexibility index (Phi) is 5.54. The van der Waals surface area contributed by atoms with Gasteiger partial charge in [0, 0.05) is 18.7 Å². The number of para-hydroxylation sites is 1. The second-order valence-electron chi connectivity index (χ2n) is 5.21. The lowest BCUT2D eigenvalue weighted by Gasteiger charge is -2.14. The summed E-state index contributed by atoms with van der Waals surface area (Å²) in [5.74, 6) is 1.59. The Bertz CT molecular complexity index is 553. The minimum absolute atomic E-state index is 0.154. The zero-order valence-corrected chi connectivity index (χ0v) is 12.9. The van der Waals surface area contributed by atoms with Gasteiger partial charge in [-0.3, -0.25) is 0 Å². The van der Waals surface area contributed by atoms with Gasteiger partial charge in [-0.2, -0.15) is 0 Å². The van der Waals surface area contributed by atoms with Crippen LogP contribution in [-0.4, -0.2) is 26.3 Å². The van der Waals surface area contributed by atoms with Gasteiger partial charge >= 0.3 is 0 Å². The predicted octanol–water partition coefficient (Wildman–Crippen LogP) is 2.87. The summed E-state index contributed by atoms with van der Waals surface area (Å²) in [6.45, 7) is 7.66. The number of aromatic nitrogens is 4. The maximum Gasteiger partial charge on any atom is 0.243 e. The second-order valence-corrected chi connectivity index (χ2v) is 5.21. The Morgan fingerprint density at radius 3 is 2.86 bits per heavy atom. The Morgan fingerprint density at radius 2 is 2.10 bits per heavy atom. The van der Waals surface area contributed by atoms with E-state index >= 15 is 0 Å². The molecule has 0 fully saturated rings. The number of rotatable bonds is 8. The number of unbranched alkanes of at least 4 members (excludes halogenated alkanes) is 1. The maximum absolute atomic E-state index is 5.81. The molecule has 1 aromatic heterocycles. The maximum atomic E-state index is 5.81. The third-order valence-corrected chi connectivity index (χ3v) is 3.03. The number of tetrazole rings is 1. The molecule has 0 amide bonds. The Balaban J connectivity index is 2.01. The molecule has 2 aromatic rings. The summed E-state index contributed by atoms with van der Waals surface area (Å²) in [7, 11) is 0. The van der Waals surface area contributed by atoms with Crippen molar-refractivity contribution in [1.82, 2.24) is 20.2 Å². The van der Waals surface area contributed by atoms with E-state index in [1.54, 1.807) is 4.68 Å².